The molecule has 1 unspecified atom stereocenters. The van der Waals surface area contributed by atoms with E-state index in [0.29, 0.717) is 17.5 Å². The molecular weight excluding hydrogens is 458 g/mol. The standard InChI is InChI=1S/C28H23N3O5/c1-34-21-13-11-20(12-14-21)24-17-23(19-7-3-2-4-8-19)30-31(24)27(32)18-35-28(33)16-15-26-29-22-9-5-6-10-25(22)36-26/h2-16,24H,17-18H2,1H3/b16-15+. The molecule has 5 rings (SSSR count). The number of benzene rings is 3. The van der Waals surface area contributed by atoms with Crippen LogP contribution in [0, 0.1) is 0 Å². The van der Waals surface area contributed by atoms with Crippen LogP contribution in [0.3, 0.4) is 0 Å². The molecular formula is C28H23N3O5. The summed E-state index contributed by atoms with van der Waals surface area (Å²) in [4.78, 5) is 29.6. The lowest BCUT2D eigenvalue weighted by molar-refractivity contribution is -0.149. The maximum absolute atomic E-state index is 13.1. The number of hydrogen-bond acceptors (Lipinski definition) is 7. The predicted octanol–water partition coefficient (Wildman–Crippen LogP) is 4.77. The summed E-state index contributed by atoms with van der Waals surface area (Å²) >= 11 is 0. The number of esters is 1. The van der Waals surface area contributed by atoms with Gasteiger partial charge in [0.2, 0.25) is 5.89 Å². The van der Waals surface area contributed by atoms with Gasteiger partial charge in [-0.1, -0.05) is 54.6 Å². The zero-order valence-corrected chi connectivity index (χ0v) is 19.5. The Morgan fingerprint density at radius 1 is 1.03 bits per heavy atom. The molecule has 1 atom stereocenters. The molecule has 0 bridgehead atoms. The third-order valence-corrected chi connectivity index (χ3v) is 5.78. The Hall–Kier alpha value is -4.72. The quantitative estimate of drug-likeness (QED) is 0.279. The van der Waals surface area contributed by atoms with Gasteiger partial charge in [0.25, 0.3) is 5.91 Å². The number of ether oxygens (including phenoxy) is 2. The molecule has 8 nitrogen and oxygen atoms in total. The lowest BCUT2D eigenvalue weighted by Gasteiger charge is -2.22. The SMILES string of the molecule is COc1ccc(C2CC(c3ccccc3)=NN2C(=O)COC(=O)/C=C/c2nc3ccccc3o2)cc1. The maximum Gasteiger partial charge on any atom is 0.331 e. The number of hydrazone groups is 1. The number of oxazole rings is 1. The van der Waals surface area contributed by atoms with Gasteiger partial charge in [0.1, 0.15) is 11.3 Å². The monoisotopic (exact) mass is 481 g/mol. The van der Waals surface area contributed by atoms with Crippen LogP contribution in [0.2, 0.25) is 0 Å². The highest BCUT2D eigenvalue weighted by atomic mass is 16.5. The highest BCUT2D eigenvalue weighted by Gasteiger charge is 2.33. The first kappa shape index (κ1) is 23.0. The Balaban J connectivity index is 1.28. The third kappa shape index (κ3) is 5.02. The van der Waals surface area contributed by atoms with Crippen molar-refractivity contribution in [2.24, 2.45) is 5.10 Å². The summed E-state index contributed by atoms with van der Waals surface area (Å²) in [7, 11) is 1.60. The van der Waals surface area contributed by atoms with Crippen molar-refractivity contribution in [3.63, 3.8) is 0 Å². The Morgan fingerprint density at radius 3 is 2.53 bits per heavy atom. The second-order valence-corrected chi connectivity index (χ2v) is 8.10. The number of hydrogen-bond donors (Lipinski definition) is 0. The van der Waals surface area contributed by atoms with E-state index < -0.39 is 18.5 Å². The van der Waals surface area contributed by atoms with Crippen LogP contribution in [0.4, 0.5) is 0 Å². The molecule has 0 aliphatic carbocycles. The van der Waals surface area contributed by atoms with E-state index in [9.17, 15) is 9.59 Å². The molecule has 1 amide bonds. The van der Waals surface area contributed by atoms with E-state index in [2.05, 4.69) is 10.1 Å². The van der Waals surface area contributed by atoms with Gasteiger partial charge in [-0.25, -0.2) is 14.8 Å². The zero-order chi connectivity index (χ0) is 24.9. The summed E-state index contributed by atoms with van der Waals surface area (Å²) < 4.78 is 16.0. The van der Waals surface area contributed by atoms with E-state index in [1.165, 1.54) is 17.2 Å². The molecule has 180 valence electrons. The van der Waals surface area contributed by atoms with Crippen molar-refractivity contribution in [2.75, 3.05) is 13.7 Å². The van der Waals surface area contributed by atoms with Gasteiger partial charge in [-0.15, -0.1) is 0 Å². The Morgan fingerprint density at radius 2 is 1.78 bits per heavy atom. The van der Waals surface area contributed by atoms with Gasteiger partial charge in [-0.05, 0) is 35.4 Å². The molecule has 1 aromatic heterocycles. The first-order valence-corrected chi connectivity index (χ1v) is 11.4. The fraction of sp³-hybridized carbons (Fsp3) is 0.143. The van der Waals surface area contributed by atoms with Crippen molar-refractivity contribution in [2.45, 2.75) is 12.5 Å². The van der Waals surface area contributed by atoms with Crippen molar-refractivity contribution in [1.82, 2.24) is 9.99 Å². The van der Waals surface area contributed by atoms with Crippen LogP contribution in [-0.4, -0.2) is 41.3 Å². The molecule has 2 heterocycles. The van der Waals surface area contributed by atoms with Gasteiger partial charge in [0.05, 0.1) is 18.9 Å². The lowest BCUT2D eigenvalue weighted by atomic mass is 9.98. The molecule has 8 heteroatoms. The Labute approximate surface area is 207 Å². The Kier molecular flexibility index (Phi) is 6.57. The van der Waals surface area contributed by atoms with Crippen LogP contribution in [0.5, 0.6) is 5.75 Å². The highest BCUT2D eigenvalue weighted by molar-refractivity contribution is 6.03. The van der Waals surface area contributed by atoms with Crippen LogP contribution >= 0.6 is 0 Å². The minimum atomic E-state index is -0.682. The number of nitrogens with zero attached hydrogens (tertiary/aromatic N) is 3. The fourth-order valence-electron chi connectivity index (χ4n) is 3.98. The van der Waals surface area contributed by atoms with Crippen LogP contribution < -0.4 is 4.74 Å². The average Bonchev–Trinajstić information content (AvgIpc) is 3.56. The van der Waals surface area contributed by atoms with Crippen molar-refractivity contribution in [3.8, 4) is 5.75 Å². The predicted molar refractivity (Wildman–Crippen MR) is 134 cm³/mol. The van der Waals surface area contributed by atoms with Crippen LogP contribution in [0.15, 0.2) is 94.5 Å². The number of aromatic nitrogens is 1. The van der Waals surface area contributed by atoms with E-state index in [4.69, 9.17) is 13.9 Å². The van der Waals surface area contributed by atoms with Crippen molar-refractivity contribution in [1.29, 1.82) is 0 Å². The smallest absolute Gasteiger partial charge is 0.331 e. The van der Waals surface area contributed by atoms with Crippen LogP contribution in [0.1, 0.15) is 29.5 Å². The molecule has 0 spiro atoms. The summed E-state index contributed by atoms with van der Waals surface area (Å²) in [5.74, 6) is -0.113. The van der Waals surface area contributed by atoms with E-state index in [1.54, 1.807) is 13.2 Å². The first-order chi connectivity index (χ1) is 17.6. The highest BCUT2D eigenvalue weighted by Crippen LogP contribution is 2.33. The zero-order valence-electron chi connectivity index (χ0n) is 19.5. The number of methoxy groups -OCH3 is 1. The molecule has 0 fully saturated rings. The molecule has 1 aliphatic heterocycles. The van der Waals surface area contributed by atoms with Gasteiger partial charge < -0.3 is 13.9 Å². The van der Waals surface area contributed by atoms with Crippen LogP contribution in [0.25, 0.3) is 17.2 Å². The second kappa shape index (κ2) is 10.3. The number of rotatable bonds is 7. The molecule has 4 aromatic rings. The van der Waals surface area contributed by atoms with Gasteiger partial charge in [0, 0.05) is 18.6 Å². The molecule has 0 saturated carbocycles. The van der Waals surface area contributed by atoms with Gasteiger partial charge in [-0.2, -0.15) is 5.10 Å². The normalized spacial score (nSPS) is 15.3. The molecule has 1 aliphatic rings. The van der Waals surface area contributed by atoms with Gasteiger partial charge >= 0.3 is 5.97 Å². The summed E-state index contributed by atoms with van der Waals surface area (Å²) in [6.45, 7) is -0.449. The van der Waals surface area contributed by atoms with E-state index in [-0.39, 0.29) is 11.9 Å². The van der Waals surface area contributed by atoms with Gasteiger partial charge in [0.15, 0.2) is 12.2 Å². The minimum Gasteiger partial charge on any atom is -0.497 e. The summed E-state index contributed by atoms with van der Waals surface area (Å²) in [5, 5.41) is 5.98. The average molecular weight is 482 g/mol. The number of amides is 1. The maximum atomic E-state index is 13.1. The number of carbonyl (C=O) groups is 2. The minimum absolute atomic E-state index is 0.274. The topological polar surface area (TPSA) is 94.2 Å². The molecule has 36 heavy (non-hydrogen) atoms. The summed E-state index contributed by atoms with van der Waals surface area (Å²) in [5.41, 5.74) is 3.93. The first-order valence-electron chi connectivity index (χ1n) is 11.4. The summed E-state index contributed by atoms with van der Waals surface area (Å²) in [6.07, 6.45) is 3.13. The molecule has 0 saturated heterocycles. The molecule has 3 aromatic carbocycles. The van der Waals surface area contributed by atoms with E-state index >= 15 is 0 Å². The fourth-order valence-corrected chi connectivity index (χ4v) is 3.98. The van der Waals surface area contributed by atoms with Crippen molar-refractivity contribution < 1.29 is 23.5 Å². The lowest BCUT2D eigenvalue weighted by Crippen LogP contribution is -2.31. The molecule has 0 N–H and O–H groups in total. The molecule has 0 radical (unpaired) electrons. The van der Waals surface area contributed by atoms with Crippen molar-refractivity contribution in [3.05, 3.63) is 102 Å². The van der Waals surface area contributed by atoms with Crippen LogP contribution in [-0.2, 0) is 14.3 Å². The van der Waals surface area contributed by atoms with E-state index in [1.807, 2.05) is 72.8 Å². The third-order valence-electron chi connectivity index (χ3n) is 5.78. The number of fused-ring (bicyclic) bond motifs is 1. The van der Waals surface area contributed by atoms with Crippen molar-refractivity contribution >= 4 is 34.8 Å². The largest absolute Gasteiger partial charge is 0.497 e. The Bertz CT molecular complexity index is 1410. The second-order valence-electron chi connectivity index (χ2n) is 8.10. The van der Waals surface area contributed by atoms with E-state index in [0.717, 1.165) is 22.6 Å². The number of carbonyl (C=O) groups excluding carboxylic acids is 2. The summed E-state index contributed by atoms with van der Waals surface area (Å²) in [6, 6.07) is 24.1. The van der Waals surface area contributed by atoms with Gasteiger partial charge in [-0.3, -0.25) is 4.79 Å². The number of para-hydroxylation sites is 2.